The van der Waals surface area contributed by atoms with Crippen molar-refractivity contribution in [2.75, 3.05) is 40.4 Å². The first kappa shape index (κ1) is 46.3. The zero-order valence-electron chi connectivity index (χ0n) is 38.1. The maximum absolute atomic E-state index is 11.5. The van der Waals surface area contributed by atoms with E-state index in [-0.39, 0.29) is 35.6 Å². The van der Waals surface area contributed by atoms with Gasteiger partial charge in [-0.3, -0.25) is 19.4 Å². The SMILES string of the molecule is CC(C)(C)C1CCC(O)CC1.COC(=O)C1CN(Cc2ccc3cc(O)ccc3c2)C1.COC(=O)C1CN(Cc2ccc3cc(OC4CCC(C(C)(C)C)CC4)ccc3c2)C1. The van der Waals surface area contributed by atoms with Crippen LogP contribution in [-0.2, 0) is 32.2 Å². The summed E-state index contributed by atoms with van der Waals surface area (Å²) in [6.07, 6.45) is 9.63. The van der Waals surface area contributed by atoms with Gasteiger partial charge in [0.25, 0.3) is 0 Å². The fraction of sp³-hybridized carbons (Fsp3) is 0.577. The Hall–Kier alpha value is -4.18. The summed E-state index contributed by atoms with van der Waals surface area (Å²) in [5, 5.41) is 23.3. The Balaban J connectivity index is 0.000000172. The molecule has 4 aromatic rings. The molecule has 2 saturated carbocycles. The molecule has 4 fully saturated rings. The lowest BCUT2D eigenvalue weighted by atomic mass is 9.72. The second-order valence-electron chi connectivity index (χ2n) is 20.4. The van der Waals surface area contributed by atoms with Crippen molar-refractivity contribution in [2.45, 2.75) is 118 Å². The van der Waals surface area contributed by atoms with Crippen molar-refractivity contribution in [1.29, 1.82) is 0 Å². The molecule has 4 aromatic carbocycles. The number of hydrogen-bond donors (Lipinski definition) is 2. The van der Waals surface area contributed by atoms with Gasteiger partial charge < -0.3 is 24.4 Å². The van der Waals surface area contributed by atoms with E-state index in [2.05, 4.69) is 99.9 Å². The van der Waals surface area contributed by atoms with E-state index < -0.39 is 0 Å². The number of phenols is 1. The van der Waals surface area contributed by atoms with E-state index in [1.807, 2.05) is 12.1 Å². The van der Waals surface area contributed by atoms with E-state index in [1.165, 1.54) is 61.8 Å². The zero-order chi connectivity index (χ0) is 43.9. The molecule has 2 saturated heterocycles. The summed E-state index contributed by atoms with van der Waals surface area (Å²) in [5.74, 6) is 2.75. The van der Waals surface area contributed by atoms with Crippen LogP contribution in [0.15, 0.2) is 72.8 Å². The van der Waals surface area contributed by atoms with Crippen molar-refractivity contribution in [2.24, 2.45) is 34.5 Å². The standard InChI is InChI=1S/C26H35NO3.C16H17NO3.C10H20O/c1-26(2,3)22-8-11-23(12-9-22)30-24-10-7-19-13-18(5-6-20(19)14-24)15-27-16-21(17-27)25(28)29-4;1-20-16(19)14-9-17(10-14)8-11-2-3-13-7-15(18)5-4-12(13)6-11;1-10(2,3)8-4-6-9(11)7-5-8/h5-7,10,13-14,21-23H,8-9,11-12,15-17H2,1-4H3;2-7,14,18H,8-10H2,1H3;8-9,11H,4-7H2,1-3H3. The molecule has 2 aliphatic carbocycles. The van der Waals surface area contributed by atoms with Crippen molar-refractivity contribution in [3.05, 3.63) is 83.9 Å². The van der Waals surface area contributed by atoms with Crippen molar-refractivity contribution in [3.8, 4) is 11.5 Å². The summed E-state index contributed by atoms with van der Waals surface area (Å²) in [7, 11) is 2.90. The number of ether oxygens (including phenoxy) is 3. The molecule has 0 aromatic heterocycles. The number of nitrogens with zero attached hydrogens (tertiary/aromatic N) is 2. The Morgan fingerprint density at radius 2 is 0.984 bits per heavy atom. The van der Waals surface area contributed by atoms with Crippen LogP contribution < -0.4 is 4.74 Å². The van der Waals surface area contributed by atoms with Gasteiger partial charge in [-0.2, -0.15) is 0 Å². The summed E-state index contributed by atoms with van der Waals surface area (Å²) < 4.78 is 15.9. The highest BCUT2D eigenvalue weighted by molar-refractivity contribution is 5.85. The first-order chi connectivity index (χ1) is 29.0. The number of rotatable bonds is 8. The summed E-state index contributed by atoms with van der Waals surface area (Å²) in [5.41, 5.74) is 3.34. The summed E-state index contributed by atoms with van der Waals surface area (Å²) in [6, 6.07) is 24.7. The predicted octanol–water partition coefficient (Wildman–Crippen LogP) is 10.2. The number of methoxy groups -OCH3 is 2. The second kappa shape index (κ2) is 20.3. The smallest absolute Gasteiger partial charge is 0.311 e. The molecule has 9 heteroatoms. The second-order valence-corrected chi connectivity index (χ2v) is 20.4. The lowest BCUT2D eigenvalue weighted by Crippen LogP contribution is -2.49. The van der Waals surface area contributed by atoms with Gasteiger partial charge in [0, 0.05) is 39.3 Å². The number of aliphatic hydroxyl groups excluding tert-OH is 1. The predicted molar refractivity (Wildman–Crippen MR) is 244 cm³/mol. The Morgan fingerprint density at radius 3 is 1.44 bits per heavy atom. The number of carbonyl (C=O) groups is 2. The van der Waals surface area contributed by atoms with Gasteiger partial charge in [-0.25, -0.2) is 0 Å². The number of aromatic hydroxyl groups is 1. The van der Waals surface area contributed by atoms with E-state index in [1.54, 1.807) is 12.1 Å². The van der Waals surface area contributed by atoms with E-state index in [0.717, 1.165) is 93.3 Å². The van der Waals surface area contributed by atoms with Crippen LogP contribution in [0.5, 0.6) is 11.5 Å². The minimum atomic E-state index is -0.116. The van der Waals surface area contributed by atoms with Crippen molar-refractivity contribution < 1.29 is 34.0 Å². The average molecular weight is 837 g/mol. The molecule has 0 unspecified atom stereocenters. The molecule has 61 heavy (non-hydrogen) atoms. The fourth-order valence-corrected chi connectivity index (χ4v) is 9.55. The fourth-order valence-electron chi connectivity index (χ4n) is 9.55. The molecular weight excluding hydrogens is 765 g/mol. The van der Waals surface area contributed by atoms with Crippen molar-refractivity contribution >= 4 is 33.5 Å². The number of aliphatic hydroxyl groups is 1. The largest absolute Gasteiger partial charge is 0.508 e. The van der Waals surface area contributed by atoms with Crippen LogP contribution in [0.25, 0.3) is 21.5 Å². The van der Waals surface area contributed by atoms with Gasteiger partial charge in [0.15, 0.2) is 0 Å². The average Bonchev–Trinajstić information content (AvgIpc) is 3.20. The minimum absolute atomic E-state index is 0.00593. The zero-order valence-corrected chi connectivity index (χ0v) is 38.1. The highest BCUT2D eigenvalue weighted by Gasteiger charge is 2.35. The molecule has 2 aliphatic heterocycles. The van der Waals surface area contributed by atoms with Gasteiger partial charge in [0.05, 0.1) is 38.3 Å². The maximum atomic E-state index is 11.5. The van der Waals surface area contributed by atoms with E-state index in [0.29, 0.717) is 16.9 Å². The molecule has 0 amide bonds. The van der Waals surface area contributed by atoms with Crippen molar-refractivity contribution in [1.82, 2.24) is 9.80 Å². The summed E-state index contributed by atoms with van der Waals surface area (Å²) in [4.78, 5) is 27.4. The van der Waals surface area contributed by atoms with Crippen LogP contribution in [-0.4, -0.2) is 84.6 Å². The topological polar surface area (TPSA) is 109 Å². The Labute approximate surface area is 364 Å². The summed E-state index contributed by atoms with van der Waals surface area (Å²) >= 11 is 0. The van der Waals surface area contributed by atoms with Crippen LogP contribution in [0.4, 0.5) is 0 Å². The Bertz CT molecular complexity index is 2060. The first-order valence-corrected chi connectivity index (χ1v) is 22.7. The normalized spacial score (nSPS) is 22.8. The molecular formula is C52H72N2O7. The van der Waals surface area contributed by atoms with Gasteiger partial charge in [-0.1, -0.05) is 77.9 Å². The molecule has 0 atom stereocenters. The minimum Gasteiger partial charge on any atom is -0.508 e. The van der Waals surface area contributed by atoms with Gasteiger partial charge >= 0.3 is 11.9 Å². The lowest BCUT2D eigenvalue weighted by Gasteiger charge is -2.37. The quantitative estimate of drug-likeness (QED) is 0.168. The Morgan fingerprint density at radius 1 is 0.574 bits per heavy atom. The Kier molecular flexibility index (Phi) is 15.4. The molecule has 2 N–H and O–H groups in total. The molecule has 332 valence electrons. The van der Waals surface area contributed by atoms with Gasteiger partial charge in [0.1, 0.15) is 11.5 Å². The third-order valence-electron chi connectivity index (χ3n) is 13.7. The number of likely N-dealkylation sites (tertiary alicyclic amines) is 2. The number of hydrogen-bond acceptors (Lipinski definition) is 9. The first-order valence-electron chi connectivity index (χ1n) is 22.7. The summed E-state index contributed by atoms with van der Waals surface area (Å²) in [6.45, 7) is 18.8. The van der Waals surface area contributed by atoms with Crippen molar-refractivity contribution in [3.63, 3.8) is 0 Å². The number of phenolic OH excluding ortho intramolecular Hbond substituents is 1. The van der Waals surface area contributed by atoms with E-state index >= 15 is 0 Å². The number of carbonyl (C=O) groups excluding carboxylic acids is 2. The maximum Gasteiger partial charge on any atom is 0.311 e. The number of benzene rings is 4. The van der Waals surface area contributed by atoms with Crippen LogP contribution in [0.3, 0.4) is 0 Å². The molecule has 4 aliphatic rings. The van der Waals surface area contributed by atoms with Crippen LogP contribution in [0, 0.1) is 34.5 Å². The van der Waals surface area contributed by atoms with Gasteiger partial charge in [-0.15, -0.1) is 0 Å². The number of esters is 2. The third-order valence-corrected chi connectivity index (χ3v) is 13.7. The van der Waals surface area contributed by atoms with Crippen LogP contribution in [0.2, 0.25) is 0 Å². The molecule has 2 heterocycles. The van der Waals surface area contributed by atoms with Crippen LogP contribution in [0.1, 0.15) is 104 Å². The third kappa shape index (κ3) is 12.9. The lowest BCUT2D eigenvalue weighted by molar-refractivity contribution is -0.152. The molecule has 8 rings (SSSR count). The highest BCUT2D eigenvalue weighted by Crippen LogP contribution is 2.40. The highest BCUT2D eigenvalue weighted by atomic mass is 16.5. The van der Waals surface area contributed by atoms with Gasteiger partial charge in [0.2, 0.25) is 0 Å². The monoisotopic (exact) mass is 837 g/mol. The van der Waals surface area contributed by atoms with E-state index in [9.17, 15) is 19.8 Å². The molecule has 0 bridgehead atoms. The van der Waals surface area contributed by atoms with Crippen LogP contribution >= 0.6 is 0 Å². The van der Waals surface area contributed by atoms with Gasteiger partial charge in [-0.05, 0) is 143 Å². The van der Waals surface area contributed by atoms with E-state index in [4.69, 9.17) is 14.2 Å². The number of fused-ring (bicyclic) bond motifs is 2. The molecule has 9 nitrogen and oxygen atoms in total. The molecule has 0 radical (unpaired) electrons. The molecule has 0 spiro atoms.